The smallest absolute Gasteiger partial charge is 0.308 e. The van der Waals surface area contributed by atoms with E-state index in [1.165, 1.54) is 0 Å². The predicted octanol–water partition coefficient (Wildman–Crippen LogP) is 2.46. The van der Waals surface area contributed by atoms with Crippen molar-refractivity contribution in [2.45, 2.75) is 34.1 Å². The second-order valence-electron chi connectivity index (χ2n) is 4.15. The maximum Gasteiger partial charge on any atom is 0.308 e. The highest BCUT2D eigenvalue weighted by Crippen LogP contribution is 2.32. The Bertz CT molecular complexity index is 506. The molecule has 1 aromatic rings. The lowest BCUT2D eigenvalue weighted by Crippen LogP contribution is -2.10. The molecular weight excluding hydrogens is 222 g/mol. The van der Waals surface area contributed by atoms with Gasteiger partial charge in [-0.1, -0.05) is 0 Å². The van der Waals surface area contributed by atoms with Crippen LogP contribution in [-0.4, -0.2) is 16.0 Å². The Morgan fingerprint density at radius 3 is 2.00 bits per heavy atom. The molecule has 0 unspecified atom stereocenters. The highest BCUT2D eigenvalue weighted by molar-refractivity contribution is 5.74. The molecule has 5 nitrogen and oxygen atoms in total. The molecular formula is C12H15NO4. The summed E-state index contributed by atoms with van der Waals surface area (Å²) in [5, 5.41) is 19.9. The Morgan fingerprint density at radius 1 is 1.12 bits per heavy atom. The van der Waals surface area contributed by atoms with Gasteiger partial charge in [0.05, 0.1) is 11.3 Å². The van der Waals surface area contributed by atoms with Crippen LogP contribution in [0.25, 0.3) is 0 Å². The van der Waals surface area contributed by atoms with E-state index in [-0.39, 0.29) is 12.1 Å². The molecule has 0 amide bonds. The molecule has 1 aromatic carbocycles. The number of rotatable bonds is 3. The van der Waals surface area contributed by atoms with Crippen LogP contribution in [0.5, 0.6) is 0 Å². The summed E-state index contributed by atoms with van der Waals surface area (Å²) in [5.74, 6) is -1.06. The Kier molecular flexibility index (Phi) is 3.50. The first-order valence-corrected chi connectivity index (χ1v) is 5.22. The number of benzene rings is 1. The highest BCUT2D eigenvalue weighted by atomic mass is 16.6. The molecule has 0 aromatic heterocycles. The normalized spacial score (nSPS) is 10.4. The summed E-state index contributed by atoms with van der Waals surface area (Å²) in [6.45, 7) is 7.06. The van der Waals surface area contributed by atoms with E-state index in [4.69, 9.17) is 5.11 Å². The monoisotopic (exact) mass is 237 g/mol. The van der Waals surface area contributed by atoms with E-state index in [0.717, 1.165) is 11.1 Å². The fraction of sp³-hybridized carbons (Fsp3) is 0.417. The standard InChI is InChI=1S/C12H15NO4/c1-6-7(2)9(4)12(13(16)17)10(8(6)3)5-11(14)15/h5H2,1-4H3,(H,14,15). The van der Waals surface area contributed by atoms with Gasteiger partial charge in [0, 0.05) is 11.1 Å². The molecule has 0 aliphatic heterocycles. The molecule has 0 bridgehead atoms. The number of aliphatic carboxylic acids is 1. The summed E-state index contributed by atoms with van der Waals surface area (Å²) >= 11 is 0. The van der Waals surface area contributed by atoms with Crippen molar-refractivity contribution in [3.05, 3.63) is 37.9 Å². The minimum atomic E-state index is -1.06. The van der Waals surface area contributed by atoms with E-state index in [1.807, 2.05) is 13.8 Å². The Morgan fingerprint density at radius 2 is 1.59 bits per heavy atom. The lowest BCUT2D eigenvalue weighted by Gasteiger charge is -2.14. The van der Waals surface area contributed by atoms with Gasteiger partial charge in [0.25, 0.3) is 5.69 Å². The fourth-order valence-corrected chi connectivity index (χ4v) is 1.99. The van der Waals surface area contributed by atoms with Gasteiger partial charge in [0.15, 0.2) is 0 Å². The van der Waals surface area contributed by atoms with Gasteiger partial charge in [-0.05, 0) is 44.4 Å². The van der Waals surface area contributed by atoms with Crippen LogP contribution in [0.3, 0.4) is 0 Å². The predicted molar refractivity (Wildman–Crippen MR) is 63.4 cm³/mol. The maximum atomic E-state index is 11.1. The molecule has 17 heavy (non-hydrogen) atoms. The van der Waals surface area contributed by atoms with Crippen LogP contribution >= 0.6 is 0 Å². The van der Waals surface area contributed by atoms with Gasteiger partial charge >= 0.3 is 5.97 Å². The molecule has 0 aliphatic carbocycles. The average molecular weight is 237 g/mol. The van der Waals surface area contributed by atoms with E-state index < -0.39 is 10.9 Å². The van der Waals surface area contributed by atoms with Crippen molar-refractivity contribution in [3.8, 4) is 0 Å². The second kappa shape index (κ2) is 4.53. The van der Waals surface area contributed by atoms with Crippen molar-refractivity contribution < 1.29 is 14.8 Å². The maximum absolute atomic E-state index is 11.1. The number of carboxylic acids is 1. The Hall–Kier alpha value is -1.91. The minimum absolute atomic E-state index is 0.0620. The van der Waals surface area contributed by atoms with Gasteiger partial charge in [-0.25, -0.2) is 0 Å². The summed E-state index contributed by atoms with van der Waals surface area (Å²) in [6, 6.07) is 0. The first-order chi connectivity index (χ1) is 7.77. The first kappa shape index (κ1) is 13.2. The molecule has 0 radical (unpaired) electrons. The first-order valence-electron chi connectivity index (χ1n) is 5.22. The summed E-state index contributed by atoms with van der Waals surface area (Å²) < 4.78 is 0. The Balaban J connectivity index is 3.65. The summed E-state index contributed by atoms with van der Waals surface area (Å²) in [6.07, 6.45) is -0.315. The number of carboxylic acid groups (broad SMARTS) is 1. The zero-order chi connectivity index (χ0) is 13.3. The topological polar surface area (TPSA) is 80.4 Å². The molecule has 5 heteroatoms. The number of carbonyl (C=O) groups is 1. The van der Waals surface area contributed by atoms with Crippen molar-refractivity contribution in [3.63, 3.8) is 0 Å². The minimum Gasteiger partial charge on any atom is -0.481 e. The van der Waals surface area contributed by atoms with E-state index in [2.05, 4.69) is 0 Å². The van der Waals surface area contributed by atoms with Crippen LogP contribution in [0, 0.1) is 37.8 Å². The molecule has 0 spiro atoms. The summed E-state index contributed by atoms with van der Waals surface area (Å²) in [4.78, 5) is 21.3. The van der Waals surface area contributed by atoms with E-state index >= 15 is 0 Å². The Labute approximate surface area is 99.2 Å². The molecule has 1 rings (SSSR count). The van der Waals surface area contributed by atoms with Crippen LogP contribution in [0.2, 0.25) is 0 Å². The molecule has 0 saturated heterocycles. The molecule has 0 saturated carbocycles. The number of hydrogen-bond acceptors (Lipinski definition) is 3. The molecule has 0 heterocycles. The van der Waals surface area contributed by atoms with Crippen LogP contribution in [-0.2, 0) is 11.2 Å². The van der Waals surface area contributed by atoms with Crippen molar-refractivity contribution in [1.82, 2.24) is 0 Å². The van der Waals surface area contributed by atoms with Crippen molar-refractivity contribution in [1.29, 1.82) is 0 Å². The van der Waals surface area contributed by atoms with Gasteiger partial charge in [-0.15, -0.1) is 0 Å². The van der Waals surface area contributed by atoms with Crippen molar-refractivity contribution >= 4 is 11.7 Å². The third kappa shape index (κ3) is 2.27. The van der Waals surface area contributed by atoms with Crippen LogP contribution in [0.15, 0.2) is 0 Å². The molecule has 1 N–H and O–H groups in total. The van der Waals surface area contributed by atoms with Crippen molar-refractivity contribution in [2.75, 3.05) is 0 Å². The van der Waals surface area contributed by atoms with Gasteiger partial charge in [-0.3, -0.25) is 14.9 Å². The molecule has 0 atom stereocenters. The van der Waals surface area contributed by atoms with Gasteiger partial charge in [-0.2, -0.15) is 0 Å². The van der Waals surface area contributed by atoms with Crippen LogP contribution in [0.4, 0.5) is 5.69 Å². The van der Waals surface area contributed by atoms with Crippen molar-refractivity contribution in [2.24, 2.45) is 0 Å². The number of nitro benzene ring substituents is 1. The number of hydrogen-bond donors (Lipinski definition) is 1. The van der Waals surface area contributed by atoms with E-state index in [0.29, 0.717) is 16.7 Å². The average Bonchev–Trinajstić information content (AvgIpc) is 2.22. The van der Waals surface area contributed by atoms with Crippen LogP contribution < -0.4 is 0 Å². The molecule has 0 aliphatic rings. The van der Waals surface area contributed by atoms with E-state index in [1.54, 1.807) is 13.8 Å². The zero-order valence-electron chi connectivity index (χ0n) is 10.3. The number of nitro groups is 1. The zero-order valence-corrected chi connectivity index (χ0v) is 10.3. The lowest BCUT2D eigenvalue weighted by molar-refractivity contribution is -0.386. The quantitative estimate of drug-likeness (QED) is 0.646. The third-order valence-corrected chi connectivity index (χ3v) is 3.29. The highest BCUT2D eigenvalue weighted by Gasteiger charge is 2.24. The largest absolute Gasteiger partial charge is 0.481 e. The van der Waals surface area contributed by atoms with Gasteiger partial charge in [0.1, 0.15) is 0 Å². The van der Waals surface area contributed by atoms with Gasteiger partial charge in [0.2, 0.25) is 0 Å². The summed E-state index contributed by atoms with van der Waals surface area (Å²) in [7, 11) is 0. The third-order valence-electron chi connectivity index (χ3n) is 3.29. The van der Waals surface area contributed by atoms with Crippen LogP contribution in [0.1, 0.15) is 27.8 Å². The number of nitrogens with zero attached hydrogens (tertiary/aromatic N) is 1. The molecule has 92 valence electrons. The van der Waals surface area contributed by atoms with Gasteiger partial charge < -0.3 is 5.11 Å². The lowest BCUT2D eigenvalue weighted by atomic mass is 9.91. The fourth-order valence-electron chi connectivity index (χ4n) is 1.99. The molecule has 0 fully saturated rings. The summed E-state index contributed by atoms with van der Waals surface area (Å²) in [5.41, 5.74) is 3.26. The SMILES string of the molecule is Cc1c(C)c(C)c([N+](=O)[O-])c(CC(=O)O)c1C. The second-order valence-corrected chi connectivity index (χ2v) is 4.15. The van der Waals surface area contributed by atoms with E-state index in [9.17, 15) is 14.9 Å².